The first kappa shape index (κ1) is 19.3. The molecule has 0 aliphatic heterocycles. The zero-order chi connectivity index (χ0) is 20.5. The molecule has 0 bridgehead atoms. The predicted octanol–water partition coefficient (Wildman–Crippen LogP) is 4.78. The van der Waals surface area contributed by atoms with E-state index in [0.29, 0.717) is 27.3 Å². The lowest BCUT2D eigenvalue weighted by molar-refractivity contribution is 0.211. The second-order valence-electron chi connectivity index (χ2n) is 6.60. The maximum Gasteiger partial charge on any atom is 0.432 e. The van der Waals surface area contributed by atoms with Crippen LogP contribution in [0, 0.1) is 6.92 Å². The first-order valence-electron chi connectivity index (χ1n) is 8.82. The number of fused-ring (bicyclic) bond motifs is 1. The van der Waals surface area contributed by atoms with E-state index in [1.165, 1.54) is 17.5 Å². The second kappa shape index (κ2) is 7.76. The number of aromatic nitrogens is 5. The van der Waals surface area contributed by atoms with Gasteiger partial charge in [0.2, 0.25) is 0 Å². The maximum absolute atomic E-state index is 12.4. The van der Waals surface area contributed by atoms with Gasteiger partial charge in [-0.15, -0.1) is 11.3 Å². The molecule has 0 fully saturated rings. The third kappa shape index (κ3) is 3.92. The number of hydrogen-bond donors (Lipinski definition) is 1. The summed E-state index contributed by atoms with van der Waals surface area (Å²) in [4.78, 5) is 29.5. The number of nitrogens with one attached hydrogen (secondary N) is 1. The second-order valence-corrected chi connectivity index (χ2v) is 7.85. The number of amides is 1. The van der Waals surface area contributed by atoms with Crippen LogP contribution in [0.15, 0.2) is 36.1 Å². The molecule has 0 spiro atoms. The third-order valence-corrected chi connectivity index (χ3v) is 5.39. The van der Waals surface area contributed by atoms with Crippen molar-refractivity contribution in [1.82, 2.24) is 24.6 Å². The molecular weight excluding hydrogens is 412 g/mol. The Labute approximate surface area is 175 Å². The Kier molecular flexibility index (Phi) is 5.16. The van der Waals surface area contributed by atoms with Crippen LogP contribution in [0.25, 0.3) is 21.9 Å². The Balaban J connectivity index is 1.54. The molecule has 4 rings (SSSR count). The van der Waals surface area contributed by atoms with Crippen molar-refractivity contribution in [2.45, 2.75) is 26.7 Å². The van der Waals surface area contributed by atoms with Gasteiger partial charge in [0, 0.05) is 23.2 Å². The Morgan fingerprint density at radius 2 is 2.14 bits per heavy atom. The summed E-state index contributed by atoms with van der Waals surface area (Å²) in [5, 5.41) is 3.67. The summed E-state index contributed by atoms with van der Waals surface area (Å²) >= 11 is 7.19. The SMILES string of the molecule is Cc1nc(-c2nc(Cl)cs2)ncc1OC(=O)Nn1cc(C(C)C)c2cccnc21. The van der Waals surface area contributed by atoms with Crippen LogP contribution in [0.2, 0.25) is 5.15 Å². The highest BCUT2D eigenvalue weighted by atomic mass is 35.5. The number of halogens is 1. The van der Waals surface area contributed by atoms with Crippen LogP contribution < -0.4 is 10.2 Å². The Bertz CT molecular complexity index is 1200. The van der Waals surface area contributed by atoms with Crippen LogP contribution in [0.4, 0.5) is 4.79 Å². The molecule has 29 heavy (non-hydrogen) atoms. The van der Waals surface area contributed by atoms with Crippen molar-refractivity contribution in [3.8, 4) is 16.6 Å². The minimum atomic E-state index is -0.667. The molecule has 4 aromatic heterocycles. The Hall–Kier alpha value is -3.04. The van der Waals surface area contributed by atoms with Crippen LogP contribution in [0.1, 0.15) is 31.0 Å². The van der Waals surface area contributed by atoms with Crippen molar-refractivity contribution in [3.63, 3.8) is 0 Å². The molecule has 0 atom stereocenters. The molecule has 0 saturated carbocycles. The molecule has 0 saturated heterocycles. The van der Waals surface area contributed by atoms with Crippen LogP contribution in [0.3, 0.4) is 0 Å². The third-order valence-electron chi connectivity index (χ3n) is 4.23. The lowest BCUT2D eigenvalue weighted by Gasteiger charge is -2.09. The number of carbonyl (C=O) groups excluding carboxylic acids is 1. The zero-order valence-corrected chi connectivity index (χ0v) is 17.5. The minimum Gasteiger partial charge on any atom is -0.406 e. The summed E-state index contributed by atoms with van der Waals surface area (Å²) in [5.74, 6) is 0.958. The number of nitrogens with zero attached hydrogens (tertiary/aromatic N) is 5. The number of ether oxygens (including phenoxy) is 1. The number of rotatable bonds is 4. The fraction of sp³-hybridized carbons (Fsp3) is 0.211. The first-order valence-corrected chi connectivity index (χ1v) is 10.1. The van der Waals surface area contributed by atoms with Crippen molar-refractivity contribution in [1.29, 1.82) is 0 Å². The smallest absolute Gasteiger partial charge is 0.406 e. The average Bonchev–Trinajstić information content (AvgIpc) is 3.28. The number of pyridine rings is 1. The summed E-state index contributed by atoms with van der Waals surface area (Å²) < 4.78 is 6.96. The highest BCUT2D eigenvalue weighted by Gasteiger charge is 2.16. The first-order chi connectivity index (χ1) is 13.9. The van der Waals surface area contributed by atoms with Gasteiger partial charge in [0.1, 0.15) is 5.15 Å². The molecule has 0 radical (unpaired) electrons. The van der Waals surface area contributed by atoms with Crippen LogP contribution in [-0.4, -0.2) is 30.7 Å². The molecule has 148 valence electrons. The molecule has 0 aliphatic rings. The molecule has 0 aliphatic carbocycles. The molecule has 0 aromatic carbocycles. The van der Waals surface area contributed by atoms with Gasteiger partial charge in [-0.1, -0.05) is 25.4 Å². The quantitative estimate of drug-likeness (QED) is 0.502. The fourth-order valence-corrected chi connectivity index (χ4v) is 3.75. The van der Waals surface area contributed by atoms with E-state index < -0.39 is 6.09 Å². The summed E-state index contributed by atoms with van der Waals surface area (Å²) in [6, 6.07) is 3.84. The van der Waals surface area contributed by atoms with E-state index in [9.17, 15) is 4.79 Å². The fourth-order valence-electron chi connectivity index (χ4n) is 2.87. The van der Waals surface area contributed by atoms with Crippen LogP contribution >= 0.6 is 22.9 Å². The van der Waals surface area contributed by atoms with Crippen LogP contribution in [-0.2, 0) is 0 Å². The minimum absolute atomic E-state index is 0.252. The summed E-state index contributed by atoms with van der Waals surface area (Å²) in [7, 11) is 0. The van der Waals surface area contributed by atoms with E-state index in [2.05, 4.69) is 39.2 Å². The molecular formula is C19H17ClN6O2S. The standard InChI is InChI=1S/C19H17ClN6O2S/c1-10(2)13-8-26(17-12(13)5-4-6-21-17)25-19(27)28-14-7-22-16(23-11(14)3)18-24-15(20)9-29-18/h4-10H,1-3H3,(H,25,27). The van der Waals surface area contributed by atoms with Gasteiger partial charge in [-0.3, -0.25) is 0 Å². The molecule has 0 unspecified atom stereocenters. The van der Waals surface area contributed by atoms with Gasteiger partial charge in [0.25, 0.3) is 0 Å². The van der Waals surface area contributed by atoms with Crippen molar-refractivity contribution in [3.05, 3.63) is 52.5 Å². The van der Waals surface area contributed by atoms with Gasteiger partial charge in [-0.2, -0.15) is 0 Å². The molecule has 1 N–H and O–H groups in total. The van der Waals surface area contributed by atoms with Crippen LogP contribution in [0.5, 0.6) is 5.75 Å². The van der Waals surface area contributed by atoms with E-state index in [0.717, 1.165) is 10.9 Å². The summed E-state index contributed by atoms with van der Waals surface area (Å²) in [5.41, 5.74) is 4.94. The van der Waals surface area contributed by atoms with E-state index in [4.69, 9.17) is 16.3 Å². The summed E-state index contributed by atoms with van der Waals surface area (Å²) in [6.07, 6.45) is 4.30. The highest BCUT2D eigenvalue weighted by Crippen LogP contribution is 2.26. The number of carbonyl (C=O) groups is 1. The normalized spacial score (nSPS) is 11.2. The van der Waals surface area contributed by atoms with Gasteiger partial charge in [0.05, 0.1) is 11.9 Å². The maximum atomic E-state index is 12.4. The number of aryl methyl sites for hydroxylation is 1. The van der Waals surface area contributed by atoms with Crippen molar-refractivity contribution in [2.24, 2.45) is 0 Å². The Morgan fingerprint density at radius 3 is 2.83 bits per heavy atom. The highest BCUT2D eigenvalue weighted by molar-refractivity contribution is 7.13. The van der Waals surface area contributed by atoms with Gasteiger partial charge >= 0.3 is 6.09 Å². The molecule has 1 amide bonds. The van der Waals surface area contributed by atoms with E-state index in [-0.39, 0.29) is 11.7 Å². The van der Waals surface area contributed by atoms with Gasteiger partial charge < -0.3 is 4.74 Å². The lowest BCUT2D eigenvalue weighted by Crippen LogP contribution is -2.26. The van der Waals surface area contributed by atoms with Gasteiger partial charge in [-0.05, 0) is 30.5 Å². The van der Waals surface area contributed by atoms with Crippen molar-refractivity contribution >= 4 is 40.1 Å². The molecule has 10 heteroatoms. The topological polar surface area (TPSA) is 94.8 Å². The Morgan fingerprint density at radius 1 is 1.31 bits per heavy atom. The van der Waals surface area contributed by atoms with Gasteiger partial charge in [-0.25, -0.2) is 34.8 Å². The predicted molar refractivity (Wildman–Crippen MR) is 112 cm³/mol. The zero-order valence-electron chi connectivity index (χ0n) is 15.9. The van der Waals surface area contributed by atoms with E-state index in [1.807, 2.05) is 18.3 Å². The van der Waals surface area contributed by atoms with E-state index in [1.54, 1.807) is 23.2 Å². The lowest BCUT2D eigenvalue weighted by atomic mass is 10.0. The molecule has 8 nitrogen and oxygen atoms in total. The summed E-state index contributed by atoms with van der Waals surface area (Å²) in [6.45, 7) is 5.90. The molecule has 4 aromatic rings. The van der Waals surface area contributed by atoms with Crippen molar-refractivity contribution < 1.29 is 9.53 Å². The number of thiazole rings is 1. The van der Waals surface area contributed by atoms with E-state index >= 15 is 0 Å². The monoisotopic (exact) mass is 428 g/mol. The largest absolute Gasteiger partial charge is 0.432 e. The average molecular weight is 429 g/mol. The van der Waals surface area contributed by atoms with Crippen molar-refractivity contribution in [2.75, 3.05) is 5.43 Å². The van der Waals surface area contributed by atoms with Gasteiger partial charge in [0.15, 0.2) is 22.2 Å². The number of hydrogen-bond acceptors (Lipinski definition) is 7. The molecule has 4 heterocycles.